The zero-order chi connectivity index (χ0) is 11.5. The van der Waals surface area contributed by atoms with Crippen LogP contribution in [0.5, 0.6) is 5.75 Å². The monoisotopic (exact) mass is 362 g/mol. The highest BCUT2D eigenvalue weighted by Crippen LogP contribution is 2.64. The van der Waals surface area contributed by atoms with Crippen molar-refractivity contribution in [1.82, 2.24) is 0 Å². The van der Waals surface area contributed by atoms with Gasteiger partial charge in [0.05, 0.1) is 12.4 Å². The minimum absolute atomic E-state index is 0.302. The van der Waals surface area contributed by atoms with E-state index in [1.807, 2.05) is 12.1 Å². The van der Waals surface area contributed by atoms with Crippen LogP contribution in [0.4, 0.5) is 0 Å². The Kier molecular flexibility index (Phi) is 4.46. The number of allylic oxidation sites excluding steroid dienone is 2. The fourth-order valence-electron chi connectivity index (χ4n) is 2.02. The molecule has 1 nitrogen and oxygen atoms in total. The van der Waals surface area contributed by atoms with Gasteiger partial charge in [0.15, 0.2) is 0 Å². The number of benzene rings is 1. The minimum atomic E-state index is -0.302. The highest BCUT2D eigenvalue weighted by molar-refractivity contribution is 9.70. The van der Waals surface area contributed by atoms with Gasteiger partial charge in [-0.05, 0) is 78.8 Å². The summed E-state index contributed by atoms with van der Waals surface area (Å²) in [4.78, 5) is 0. The lowest BCUT2D eigenvalue weighted by atomic mass is 10.1. The summed E-state index contributed by atoms with van der Waals surface area (Å²) < 4.78 is 5.18. The third kappa shape index (κ3) is 2.69. The normalized spacial score (nSPS) is 16.0. The Balaban J connectivity index is 2.32. The van der Waals surface area contributed by atoms with Gasteiger partial charge in [-0.1, -0.05) is 12.1 Å². The van der Waals surface area contributed by atoms with Crippen molar-refractivity contribution in [2.45, 2.75) is 19.3 Å². The highest BCUT2D eigenvalue weighted by Gasteiger charge is 2.20. The van der Waals surface area contributed by atoms with E-state index < -0.39 is 0 Å². The number of hydrogen-bond acceptors (Lipinski definition) is 1. The van der Waals surface area contributed by atoms with E-state index in [1.165, 1.54) is 30.4 Å². The molecule has 4 heteroatoms. The first kappa shape index (κ1) is 12.6. The molecule has 0 N–H and O–H groups in total. The van der Waals surface area contributed by atoms with E-state index in [1.54, 1.807) is 12.4 Å². The summed E-state index contributed by atoms with van der Waals surface area (Å²) in [5.41, 5.74) is 2.84. The average Bonchev–Trinajstić information content (AvgIpc) is 2.78. The summed E-state index contributed by atoms with van der Waals surface area (Å²) in [5.74, 6) is 0.920. The molecule has 0 aliphatic heterocycles. The Labute approximate surface area is 113 Å². The maximum Gasteiger partial charge on any atom is 0.118 e. The van der Waals surface area contributed by atoms with Crippen molar-refractivity contribution in [3.63, 3.8) is 0 Å². The fraction of sp³-hybridized carbons (Fsp3) is 0.333. The van der Waals surface area contributed by atoms with Crippen molar-refractivity contribution in [2.75, 3.05) is 7.11 Å². The van der Waals surface area contributed by atoms with E-state index in [9.17, 15) is 0 Å². The molecule has 1 aromatic carbocycles. The van der Waals surface area contributed by atoms with Crippen LogP contribution >= 0.6 is 36.3 Å². The van der Waals surface area contributed by atoms with Gasteiger partial charge in [-0.15, -0.1) is 0 Å². The Morgan fingerprint density at radius 1 is 1.12 bits per heavy atom. The number of hydrogen-bond donors (Lipinski definition) is 0. The first-order valence-electron chi connectivity index (χ1n) is 5.20. The largest absolute Gasteiger partial charge is 0.497 e. The Morgan fingerprint density at radius 3 is 2.38 bits per heavy atom. The van der Waals surface area contributed by atoms with Crippen LogP contribution in [-0.2, 0) is 0 Å². The second-order valence-corrected chi connectivity index (χ2v) is 11.9. The predicted molar refractivity (Wildman–Crippen MR) is 78.5 cm³/mol. The van der Waals surface area contributed by atoms with Gasteiger partial charge in [0.2, 0.25) is 0 Å². The quantitative estimate of drug-likeness (QED) is 0.626. The van der Waals surface area contributed by atoms with Crippen LogP contribution in [0.3, 0.4) is 0 Å². The van der Waals surface area contributed by atoms with Crippen molar-refractivity contribution in [3.05, 3.63) is 35.1 Å². The number of halogens is 2. The molecule has 0 saturated carbocycles. The van der Waals surface area contributed by atoms with E-state index in [0.29, 0.717) is 0 Å². The molecule has 0 aromatic heterocycles. The van der Waals surface area contributed by atoms with E-state index in [-0.39, 0.29) is 5.33 Å². The smallest absolute Gasteiger partial charge is 0.118 e. The average molecular weight is 364 g/mol. The van der Waals surface area contributed by atoms with Gasteiger partial charge in [0.25, 0.3) is 0 Å². The van der Waals surface area contributed by atoms with E-state index in [0.717, 1.165) is 5.75 Å². The SMILES string of the molecule is COc1ccc(C2=C(P(Br)Br)CCC2)cc1. The van der Waals surface area contributed by atoms with Crippen molar-refractivity contribution in [2.24, 2.45) is 0 Å². The lowest BCUT2D eigenvalue weighted by Gasteiger charge is -2.09. The number of methoxy groups -OCH3 is 1. The van der Waals surface area contributed by atoms with Gasteiger partial charge >= 0.3 is 0 Å². The zero-order valence-electron chi connectivity index (χ0n) is 9.04. The molecule has 0 heterocycles. The Morgan fingerprint density at radius 2 is 1.81 bits per heavy atom. The van der Waals surface area contributed by atoms with Crippen molar-refractivity contribution in [1.29, 1.82) is 0 Å². The summed E-state index contributed by atoms with van der Waals surface area (Å²) in [6.45, 7) is 0. The standard InChI is InChI=1S/C12H13Br2OP/c1-15-10-7-5-9(6-8-10)11-3-2-4-12(11)16(13)14/h5-8H,2-4H2,1H3. The van der Waals surface area contributed by atoms with Crippen LogP contribution < -0.4 is 4.74 Å². The molecular formula is C12H13Br2OP. The molecule has 0 amide bonds. The summed E-state index contributed by atoms with van der Waals surface area (Å²) in [6, 6.07) is 8.36. The summed E-state index contributed by atoms with van der Waals surface area (Å²) in [5, 5.41) is 1.24. The molecular weight excluding hydrogens is 351 g/mol. The number of rotatable bonds is 3. The molecule has 16 heavy (non-hydrogen) atoms. The fourth-order valence-corrected chi connectivity index (χ4v) is 5.14. The molecule has 1 aliphatic rings. The highest BCUT2D eigenvalue weighted by atomic mass is 79.9. The van der Waals surface area contributed by atoms with Gasteiger partial charge in [-0.3, -0.25) is 0 Å². The molecule has 0 saturated heterocycles. The lowest BCUT2D eigenvalue weighted by molar-refractivity contribution is 0.415. The maximum absolute atomic E-state index is 5.18. The molecule has 0 bridgehead atoms. The maximum atomic E-state index is 5.18. The second kappa shape index (κ2) is 5.66. The molecule has 1 aliphatic carbocycles. The van der Waals surface area contributed by atoms with Gasteiger partial charge in [-0.25, -0.2) is 0 Å². The summed E-state index contributed by atoms with van der Waals surface area (Å²) >= 11 is 7.33. The van der Waals surface area contributed by atoms with Crippen molar-refractivity contribution >= 4 is 41.9 Å². The van der Waals surface area contributed by atoms with Crippen molar-refractivity contribution in [3.8, 4) is 5.75 Å². The zero-order valence-corrected chi connectivity index (χ0v) is 13.1. The Hall–Kier alpha value is 0.150. The van der Waals surface area contributed by atoms with Crippen LogP contribution in [0.1, 0.15) is 24.8 Å². The third-order valence-corrected chi connectivity index (χ3v) is 6.30. The van der Waals surface area contributed by atoms with Crippen LogP contribution in [0, 0.1) is 0 Å². The van der Waals surface area contributed by atoms with Gasteiger partial charge in [-0.2, -0.15) is 0 Å². The van der Waals surface area contributed by atoms with Crippen molar-refractivity contribution < 1.29 is 4.74 Å². The van der Waals surface area contributed by atoms with Crippen LogP contribution in [0.15, 0.2) is 29.6 Å². The molecule has 0 fully saturated rings. The first-order chi connectivity index (χ1) is 7.72. The topological polar surface area (TPSA) is 9.23 Å². The summed E-state index contributed by atoms with van der Waals surface area (Å²) in [6.07, 6.45) is 3.67. The van der Waals surface area contributed by atoms with Gasteiger partial charge in [0.1, 0.15) is 5.75 Å². The molecule has 0 unspecified atom stereocenters. The van der Waals surface area contributed by atoms with Gasteiger partial charge in [0, 0.05) is 0 Å². The van der Waals surface area contributed by atoms with Crippen LogP contribution in [-0.4, -0.2) is 7.11 Å². The van der Waals surface area contributed by atoms with Crippen LogP contribution in [0.25, 0.3) is 5.57 Å². The van der Waals surface area contributed by atoms with E-state index >= 15 is 0 Å². The van der Waals surface area contributed by atoms with Gasteiger partial charge < -0.3 is 4.74 Å². The summed E-state index contributed by atoms with van der Waals surface area (Å²) in [7, 11) is 1.70. The third-order valence-electron chi connectivity index (χ3n) is 2.83. The molecule has 86 valence electrons. The molecule has 0 radical (unpaired) electrons. The Bertz CT molecular complexity index is 398. The molecule has 0 atom stereocenters. The molecule has 2 rings (SSSR count). The van der Waals surface area contributed by atoms with Crippen LogP contribution in [0.2, 0.25) is 0 Å². The lowest BCUT2D eigenvalue weighted by Crippen LogP contribution is -1.85. The molecule has 1 aromatic rings. The second-order valence-electron chi connectivity index (χ2n) is 3.74. The predicted octanol–water partition coefficient (Wildman–Crippen LogP) is 5.69. The van der Waals surface area contributed by atoms with E-state index in [2.05, 4.69) is 43.1 Å². The molecule has 0 spiro atoms. The first-order valence-corrected chi connectivity index (χ1v) is 10.6. The number of ether oxygens (including phenoxy) is 1. The van der Waals surface area contributed by atoms with E-state index in [4.69, 9.17) is 4.74 Å². The minimum Gasteiger partial charge on any atom is -0.497 e.